The van der Waals surface area contributed by atoms with Gasteiger partial charge in [-0.15, -0.1) is 0 Å². The first kappa shape index (κ1) is 9.86. The van der Waals surface area contributed by atoms with E-state index in [2.05, 4.69) is 4.98 Å². The molecule has 0 aliphatic heterocycles. The van der Waals surface area contributed by atoms with Gasteiger partial charge in [0.1, 0.15) is 5.82 Å². The number of nitrogens with two attached hydrogens (primary N) is 1. The van der Waals surface area contributed by atoms with Crippen LogP contribution in [0, 0.1) is 12.7 Å². The molecule has 1 heterocycles. The predicted octanol–water partition coefficient (Wildman–Crippen LogP) is 1.43. The lowest BCUT2D eigenvalue weighted by Gasteiger charge is -2.04. The summed E-state index contributed by atoms with van der Waals surface area (Å²) in [7, 11) is 0. The number of rotatable bonds is 1. The minimum absolute atomic E-state index is 0.154. The van der Waals surface area contributed by atoms with E-state index in [4.69, 9.17) is 5.73 Å². The van der Waals surface area contributed by atoms with Gasteiger partial charge in [0.2, 0.25) is 0 Å². The van der Waals surface area contributed by atoms with Crippen molar-refractivity contribution in [3.63, 3.8) is 0 Å². The first-order chi connectivity index (χ1) is 7.13. The maximum atomic E-state index is 13.1. The molecular formula is C11H11FN2O. The highest BCUT2D eigenvalue weighted by Crippen LogP contribution is 2.15. The minimum Gasteiger partial charge on any atom is -0.360 e. The highest BCUT2D eigenvalue weighted by atomic mass is 19.1. The van der Waals surface area contributed by atoms with Crippen LogP contribution >= 0.6 is 0 Å². The number of hydrogen-bond acceptors (Lipinski definition) is 2. The fourth-order valence-electron chi connectivity index (χ4n) is 1.66. The van der Waals surface area contributed by atoms with E-state index in [1.165, 1.54) is 12.1 Å². The molecule has 15 heavy (non-hydrogen) atoms. The molecule has 0 spiro atoms. The second-order valence-electron chi connectivity index (χ2n) is 3.49. The van der Waals surface area contributed by atoms with Gasteiger partial charge in [0.05, 0.1) is 5.52 Å². The molecule has 0 radical (unpaired) electrons. The van der Waals surface area contributed by atoms with Gasteiger partial charge >= 0.3 is 0 Å². The molecule has 0 aliphatic carbocycles. The number of aryl methyl sites for hydroxylation is 1. The van der Waals surface area contributed by atoms with Crippen LogP contribution in [-0.4, -0.2) is 4.98 Å². The first-order valence-electron chi connectivity index (χ1n) is 4.64. The van der Waals surface area contributed by atoms with Crippen molar-refractivity contribution in [2.75, 3.05) is 0 Å². The third-order valence-electron chi connectivity index (χ3n) is 2.45. The van der Waals surface area contributed by atoms with Gasteiger partial charge in [0, 0.05) is 23.7 Å². The van der Waals surface area contributed by atoms with E-state index in [0.717, 1.165) is 0 Å². The Morgan fingerprint density at radius 2 is 2.20 bits per heavy atom. The van der Waals surface area contributed by atoms with Crippen molar-refractivity contribution in [1.82, 2.24) is 4.98 Å². The molecular weight excluding hydrogens is 195 g/mol. The van der Waals surface area contributed by atoms with Crippen LogP contribution in [0.25, 0.3) is 10.9 Å². The van der Waals surface area contributed by atoms with Gasteiger partial charge < -0.3 is 10.7 Å². The zero-order valence-electron chi connectivity index (χ0n) is 8.30. The fraction of sp³-hybridized carbons (Fsp3) is 0.182. The molecule has 0 aliphatic rings. The molecule has 1 aromatic heterocycles. The van der Waals surface area contributed by atoms with Crippen molar-refractivity contribution in [3.05, 3.63) is 45.5 Å². The van der Waals surface area contributed by atoms with Gasteiger partial charge in [0.15, 0.2) is 5.43 Å². The lowest BCUT2D eigenvalue weighted by atomic mass is 10.1. The largest absolute Gasteiger partial charge is 0.360 e. The van der Waals surface area contributed by atoms with Crippen LogP contribution in [-0.2, 0) is 6.54 Å². The monoisotopic (exact) mass is 206 g/mol. The molecule has 0 fully saturated rings. The molecule has 78 valence electrons. The third kappa shape index (κ3) is 1.53. The van der Waals surface area contributed by atoms with Crippen molar-refractivity contribution in [1.29, 1.82) is 0 Å². The zero-order chi connectivity index (χ0) is 11.0. The Hall–Kier alpha value is -1.68. The van der Waals surface area contributed by atoms with E-state index in [1.54, 1.807) is 13.1 Å². The maximum Gasteiger partial charge on any atom is 0.193 e. The summed E-state index contributed by atoms with van der Waals surface area (Å²) in [5.41, 5.74) is 7.05. The van der Waals surface area contributed by atoms with Crippen LogP contribution in [0.1, 0.15) is 11.1 Å². The van der Waals surface area contributed by atoms with Gasteiger partial charge in [-0.2, -0.15) is 0 Å². The summed E-state index contributed by atoms with van der Waals surface area (Å²) < 4.78 is 13.1. The second-order valence-corrected chi connectivity index (χ2v) is 3.49. The van der Waals surface area contributed by atoms with Crippen molar-refractivity contribution >= 4 is 10.9 Å². The van der Waals surface area contributed by atoms with Gasteiger partial charge in [-0.1, -0.05) is 0 Å². The van der Waals surface area contributed by atoms with Crippen molar-refractivity contribution in [2.45, 2.75) is 13.5 Å². The number of aromatic nitrogens is 1. The molecule has 4 heteroatoms. The lowest BCUT2D eigenvalue weighted by molar-refractivity contribution is 0.628. The molecule has 2 rings (SSSR count). The molecule has 0 saturated carbocycles. The zero-order valence-corrected chi connectivity index (χ0v) is 8.30. The van der Waals surface area contributed by atoms with E-state index in [0.29, 0.717) is 22.0 Å². The molecule has 0 amide bonds. The number of benzene rings is 1. The number of H-pyrrole nitrogens is 1. The van der Waals surface area contributed by atoms with E-state index < -0.39 is 5.82 Å². The predicted molar refractivity (Wildman–Crippen MR) is 57.2 cm³/mol. The van der Waals surface area contributed by atoms with Crippen molar-refractivity contribution < 1.29 is 4.39 Å². The molecule has 2 aromatic rings. The van der Waals surface area contributed by atoms with Gasteiger partial charge in [0.25, 0.3) is 0 Å². The summed E-state index contributed by atoms with van der Waals surface area (Å²) in [6.45, 7) is 1.91. The number of nitrogens with one attached hydrogen (secondary N) is 1. The summed E-state index contributed by atoms with van der Waals surface area (Å²) in [4.78, 5) is 14.8. The summed E-state index contributed by atoms with van der Waals surface area (Å²) in [5.74, 6) is -0.403. The SMILES string of the molecule is Cc1cc(F)cc2c(=O)c(CN)c[nH]c12. The molecule has 3 nitrogen and oxygen atoms in total. The first-order valence-corrected chi connectivity index (χ1v) is 4.64. The highest BCUT2D eigenvalue weighted by molar-refractivity contribution is 5.81. The normalized spacial score (nSPS) is 10.9. The average Bonchev–Trinajstić information content (AvgIpc) is 2.19. The van der Waals surface area contributed by atoms with E-state index in [9.17, 15) is 9.18 Å². The molecule has 0 saturated heterocycles. The number of aromatic amines is 1. The van der Waals surface area contributed by atoms with Crippen LogP contribution in [0.2, 0.25) is 0 Å². The second kappa shape index (κ2) is 3.47. The maximum absolute atomic E-state index is 13.1. The van der Waals surface area contributed by atoms with Crippen LogP contribution in [0.4, 0.5) is 4.39 Å². The smallest absolute Gasteiger partial charge is 0.193 e. The molecule has 0 unspecified atom stereocenters. The fourth-order valence-corrected chi connectivity index (χ4v) is 1.66. The number of hydrogen-bond donors (Lipinski definition) is 2. The summed E-state index contributed by atoms with van der Waals surface area (Å²) in [6.07, 6.45) is 1.58. The third-order valence-corrected chi connectivity index (χ3v) is 2.45. The van der Waals surface area contributed by atoms with Crippen LogP contribution in [0.15, 0.2) is 23.1 Å². The Balaban J connectivity index is 2.93. The Morgan fingerprint density at radius 3 is 2.87 bits per heavy atom. The van der Waals surface area contributed by atoms with Crippen LogP contribution in [0.3, 0.4) is 0 Å². The standard InChI is InChI=1S/C11H11FN2O/c1-6-2-8(12)3-9-10(6)14-5-7(4-13)11(9)15/h2-3,5H,4,13H2,1H3,(H,14,15). The number of halogens is 1. The summed E-state index contributed by atoms with van der Waals surface area (Å²) >= 11 is 0. The van der Waals surface area contributed by atoms with Gasteiger partial charge in [-0.3, -0.25) is 4.79 Å². The highest BCUT2D eigenvalue weighted by Gasteiger charge is 2.07. The van der Waals surface area contributed by atoms with Crippen LogP contribution < -0.4 is 11.2 Å². The molecule has 3 N–H and O–H groups in total. The number of pyridine rings is 1. The Kier molecular flexibility index (Phi) is 2.28. The molecule has 0 atom stereocenters. The van der Waals surface area contributed by atoms with Gasteiger partial charge in [-0.05, 0) is 24.6 Å². The van der Waals surface area contributed by atoms with E-state index in [1.807, 2.05) is 0 Å². The van der Waals surface area contributed by atoms with Crippen LogP contribution in [0.5, 0.6) is 0 Å². The van der Waals surface area contributed by atoms with Gasteiger partial charge in [-0.25, -0.2) is 4.39 Å². The Morgan fingerprint density at radius 1 is 1.47 bits per heavy atom. The summed E-state index contributed by atoms with van der Waals surface area (Å²) in [6, 6.07) is 2.63. The van der Waals surface area contributed by atoms with E-state index >= 15 is 0 Å². The summed E-state index contributed by atoms with van der Waals surface area (Å²) in [5, 5.41) is 0.357. The average molecular weight is 206 g/mol. The van der Waals surface area contributed by atoms with Crippen molar-refractivity contribution in [2.24, 2.45) is 5.73 Å². The quantitative estimate of drug-likeness (QED) is 0.741. The van der Waals surface area contributed by atoms with E-state index in [-0.39, 0.29) is 12.0 Å². The number of fused-ring (bicyclic) bond motifs is 1. The Labute approximate surface area is 85.7 Å². The molecule has 0 bridgehead atoms. The minimum atomic E-state index is -0.403. The molecule has 1 aromatic carbocycles. The Bertz CT molecular complexity index is 575. The lowest BCUT2D eigenvalue weighted by Crippen LogP contribution is -2.14. The van der Waals surface area contributed by atoms with Crippen molar-refractivity contribution in [3.8, 4) is 0 Å². The topological polar surface area (TPSA) is 58.9 Å².